The number of phenols is 3. The highest BCUT2D eigenvalue weighted by Crippen LogP contribution is 2.17. The molecular formula is C54H72N6O17. The summed E-state index contributed by atoms with van der Waals surface area (Å²) in [5, 5.41) is 82.8. The molecule has 0 aliphatic rings. The molecule has 6 amide bonds. The first-order valence-electron chi connectivity index (χ1n) is 25.7. The lowest BCUT2D eigenvalue weighted by Gasteiger charge is -2.27. The number of carboxylic acid groups (broad SMARTS) is 4. The van der Waals surface area contributed by atoms with Gasteiger partial charge in [-0.3, -0.25) is 43.2 Å². The van der Waals surface area contributed by atoms with E-state index < -0.39 is 128 Å². The molecule has 3 aromatic carbocycles. The summed E-state index contributed by atoms with van der Waals surface area (Å²) in [6.07, 6.45) is 4.42. The molecule has 3 rings (SSSR count). The SMILES string of the molecule is CCCCCCCCCCCC(=O)N[C@@H](CCC(=O)O)C(=O)N[C@@H](Cc1ccc(O)cc1)C(=O)N[C@@H](CCC(=O)O)C(=O)N[C@@H](Cc1ccc(O)cc1)C(=O)N[C@@H](CCC(=O)O)C(=O)N[C@@H](Cc1ccc(O)cc1)C(=O)O. The summed E-state index contributed by atoms with van der Waals surface area (Å²) in [5.74, 6) is -11.9. The van der Waals surface area contributed by atoms with E-state index in [2.05, 4.69) is 38.8 Å². The van der Waals surface area contributed by atoms with Crippen LogP contribution in [0.15, 0.2) is 72.8 Å². The van der Waals surface area contributed by atoms with E-state index in [1.54, 1.807) is 0 Å². The molecule has 0 saturated heterocycles. The first-order valence-corrected chi connectivity index (χ1v) is 25.7. The second-order valence-electron chi connectivity index (χ2n) is 18.8. The minimum absolute atomic E-state index is 0.0414. The van der Waals surface area contributed by atoms with Gasteiger partial charge in [-0.05, 0) is 78.8 Å². The van der Waals surface area contributed by atoms with Crippen LogP contribution in [0.1, 0.15) is 126 Å². The van der Waals surface area contributed by atoms with Crippen molar-refractivity contribution in [2.75, 3.05) is 0 Å². The maximum Gasteiger partial charge on any atom is 0.326 e. The first kappa shape index (κ1) is 63.1. The number of aromatic hydroxyl groups is 3. The summed E-state index contributed by atoms with van der Waals surface area (Å²) in [6.45, 7) is 2.14. The summed E-state index contributed by atoms with van der Waals surface area (Å²) in [6, 6.07) is 6.39. The summed E-state index contributed by atoms with van der Waals surface area (Å²) >= 11 is 0. The normalized spacial score (nSPS) is 13.3. The van der Waals surface area contributed by atoms with Crippen LogP contribution in [0.5, 0.6) is 17.2 Å². The molecule has 0 bridgehead atoms. The molecule has 0 aliphatic heterocycles. The van der Waals surface area contributed by atoms with E-state index in [0.29, 0.717) is 23.1 Å². The van der Waals surface area contributed by atoms with Crippen LogP contribution in [0.3, 0.4) is 0 Å². The highest BCUT2D eigenvalue weighted by Gasteiger charge is 2.34. The van der Waals surface area contributed by atoms with Crippen LogP contribution in [-0.4, -0.2) is 131 Å². The number of carbonyl (C=O) groups excluding carboxylic acids is 6. The van der Waals surface area contributed by atoms with Crippen molar-refractivity contribution in [3.63, 3.8) is 0 Å². The molecule has 0 aliphatic carbocycles. The summed E-state index contributed by atoms with van der Waals surface area (Å²) < 4.78 is 0. The standard InChI is InChI=1S/C54H72N6O17/c1-2-3-4-5-6-7-8-9-10-11-45(64)55-39(24-27-46(65)66)49(71)58-42(30-33-12-18-36(61)19-13-33)52(74)56-40(25-28-47(67)68)50(72)59-43(31-34-14-20-37(62)21-15-34)53(75)57-41(26-29-48(69)70)51(73)60-44(54(76)77)32-35-16-22-38(63)23-17-35/h12-23,39-44,61-63H,2-11,24-32H2,1H3,(H,55,64)(H,56,74)(H,57,75)(H,58,71)(H,59,72)(H,60,73)(H,65,66)(H,67,68)(H,69,70)(H,76,77)/t39-,40-,41-,42-,43-,44-/m0/s1. The Bertz CT molecular complexity index is 2430. The third kappa shape index (κ3) is 25.2. The van der Waals surface area contributed by atoms with Crippen LogP contribution in [-0.2, 0) is 67.2 Å². The highest BCUT2D eigenvalue weighted by molar-refractivity contribution is 5.97. The van der Waals surface area contributed by atoms with Crippen molar-refractivity contribution in [3.05, 3.63) is 89.5 Å². The van der Waals surface area contributed by atoms with Crippen molar-refractivity contribution in [1.82, 2.24) is 31.9 Å². The van der Waals surface area contributed by atoms with Gasteiger partial charge in [0.2, 0.25) is 35.4 Å². The van der Waals surface area contributed by atoms with E-state index in [1.807, 2.05) is 0 Å². The van der Waals surface area contributed by atoms with Crippen molar-refractivity contribution in [1.29, 1.82) is 0 Å². The van der Waals surface area contributed by atoms with Gasteiger partial charge in [-0.25, -0.2) is 4.79 Å². The van der Waals surface area contributed by atoms with Crippen molar-refractivity contribution in [2.45, 2.75) is 165 Å². The van der Waals surface area contributed by atoms with Gasteiger partial charge >= 0.3 is 23.9 Å². The molecule has 0 saturated carbocycles. The lowest BCUT2D eigenvalue weighted by molar-refractivity contribution is -0.143. The fraction of sp³-hybridized carbons (Fsp3) is 0.481. The zero-order valence-corrected chi connectivity index (χ0v) is 43.0. The zero-order chi connectivity index (χ0) is 56.9. The van der Waals surface area contributed by atoms with Gasteiger partial charge in [0.25, 0.3) is 0 Å². The molecule has 0 radical (unpaired) electrons. The Kier molecular flexibility index (Phi) is 27.5. The van der Waals surface area contributed by atoms with Gasteiger partial charge in [0.15, 0.2) is 0 Å². The smallest absolute Gasteiger partial charge is 0.326 e. The van der Waals surface area contributed by atoms with Gasteiger partial charge < -0.3 is 67.6 Å². The number of unbranched alkanes of at least 4 members (excludes halogenated alkanes) is 8. The third-order valence-corrected chi connectivity index (χ3v) is 12.4. The summed E-state index contributed by atoms with van der Waals surface area (Å²) in [7, 11) is 0. The average Bonchev–Trinajstić information content (AvgIpc) is 3.37. The monoisotopic (exact) mass is 1080 g/mol. The van der Waals surface area contributed by atoms with E-state index in [1.165, 1.54) is 79.2 Å². The number of benzene rings is 3. The number of hydrogen-bond donors (Lipinski definition) is 13. The second-order valence-corrected chi connectivity index (χ2v) is 18.8. The fourth-order valence-electron chi connectivity index (χ4n) is 8.06. The van der Waals surface area contributed by atoms with Gasteiger partial charge in [0.05, 0.1) is 0 Å². The fourth-order valence-corrected chi connectivity index (χ4v) is 8.06. The van der Waals surface area contributed by atoms with Crippen LogP contribution < -0.4 is 31.9 Å². The van der Waals surface area contributed by atoms with Crippen LogP contribution in [0.25, 0.3) is 0 Å². The van der Waals surface area contributed by atoms with Crippen LogP contribution >= 0.6 is 0 Å². The summed E-state index contributed by atoms with van der Waals surface area (Å²) in [4.78, 5) is 131. The molecule has 0 aromatic heterocycles. The van der Waals surface area contributed by atoms with E-state index >= 15 is 0 Å². The van der Waals surface area contributed by atoms with Crippen molar-refractivity contribution >= 4 is 59.3 Å². The number of carboxylic acids is 4. The predicted molar refractivity (Wildman–Crippen MR) is 277 cm³/mol. The minimum Gasteiger partial charge on any atom is -0.508 e. The van der Waals surface area contributed by atoms with Gasteiger partial charge in [0, 0.05) is 44.9 Å². The lowest BCUT2D eigenvalue weighted by Crippen LogP contribution is -2.60. The van der Waals surface area contributed by atoms with Crippen molar-refractivity contribution in [3.8, 4) is 17.2 Å². The van der Waals surface area contributed by atoms with E-state index in [0.717, 1.165) is 44.9 Å². The van der Waals surface area contributed by atoms with Crippen molar-refractivity contribution in [2.24, 2.45) is 0 Å². The molecule has 6 atom stereocenters. The lowest BCUT2D eigenvalue weighted by atomic mass is 10.0. The number of nitrogens with one attached hydrogen (secondary N) is 6. The van der Waals surface area contributed by atoms with E-state index in [4.69, 9.17) is 0 Å². The Hall–Kier alpha value is -8.24. The maximum atomic E-state index is 14.3. The van der Waals surface area contributed by atoms with Gasteiger partial charge in [-0.2, -0.15) is 0 Å². The Morgan fingerprint density at radius 2 is 0.623 bits per heavy atom. The molecular weight excluding hydrogens is 1000 g/mol. The number of amides is 6. The van der Waals surface area contributed by atoms with E-state index in [-0.39, 0.29) is 49.4 Å². The Morgan fingerprint density at radius 3 is 0.948 bits per heavy atom. The van der Waals surface area contributed by atoms with E-state index in [9.17, 15) is 83.7 Å². The Labute approximate surface area is 445 Å². The second kappa shape index (κ2) is 33.6. The number of hydrogen-bond acceptors (Lipinski definition) is 13. The largest absolute Gasteiger partial charge is 0.508 e. The molecule has 23 nitrogen and oxygen atoms in total. The average molecular weight is 1080 g/mol. The maximum absolute atomic E-state index is 14.3. The van der Waals surface area contributed by atoms with Crippen molar-refractivity contribution < 1.29 is 83.7 Å². The molecule has 0 heterocycles. The molecule has 3 aromatic rings. The molecule has 0 unspecified atom stereocenters. The van der Waals surface area contributed by atoms with Crippen LogP contribution in [0.4, 0.5) is 0 Å². The molecule has 420 valence electrons. The first-order chi connectivity index (χ1) is 36.6. The highest BCUT2D eigenvalue weighted by atomic mass is 16.4. The van der Waals surface area contributed by atoms with Gasteiger partial charge in [-0.1, -0.05) is 94.7 Å². The third-order valence-electron chi connectivity index (χ3n) is 12.4. The molecule has 23 heteroatoms. The number of aliphatic carboxylic acids is 4. The predicted octanol–water partition coefficient (Wildman–Crippen LogP) is 3.34. The molecule has 0 fully saturated rings. The molecule has 77 heavy (non-hydrogen) atoms. The quantitative estimate of drug-likeness (QED) is 0.0368. The molecule has 13 N–H and O–H groups in total. The zero-order valence-electron chi connectivity index (χ0n) is 43.0. The molecule has 0 spiro atoms. The summed E-state index contributed by atoms with van der Waals surface area (Å²) in [5.41, 5.74) is 1.07. The van der Waals surface area contributed by atoms with Gasteiger partial charge in [-0.15, -0.1) is 0 Å². The van der Waals surface area contributed by atoms with Gasteiger partial charge in [0.1, 0.15) is 53.5 Å². The number of carbonyl (C=O) groups is 10. The Morgan fingerprint density at radius 1 is 0.351 bits per heavy atom. The Balaban J connectivity index is 1.92. The van der Waals surface area contributed by atoms with Crippen LogP contribution in [0.2, 0.25) is 0 Å². The topological polar surface area (TPSA) is 384 Å². The number of phenolic OH excluding ortho intramolecular Hbond substituents is 3. The minimum atomic E-state index is -1.77. The van der Waals surface area contributed by atoms with Crippen LogP contribution in [0, 0.1) is 0 Å². The number of rotatable bonds is 37.